The predicted molar refractivity (Wildman–Crippen MR) is 87.2 cm³/mol. The Morgan fingerprint density at radius 1 is 1.25 bits per heavy atom. The summed E-state index contributed by atoms with van der Waals surface area (Å²) in [5.41, 5.74) is 0. The molecule has 24 heavy (non-hydrogen) atoms. The quantitative estimate of drug-likeness (QED) is 0.798. The number of hydrogen-bond acceptors (Lipinski definition) is 5. The van der Waals surface area contributed by atoms with Gasteiger partial charge in [-0.2, -0.15) is 0 Å². The number of carbonyl (C=O) groups excluding carboxylic acids is 3. The zero-order chi connectivity index (χ0) is 17.9. The van der Waals surface area contributed by atoms with Crippen LogP contribution in [-0.2, 0) is 14.3 Å². The molecule has 9 heteroatoms. The third-order valence-corrected chi connectivity index (χ3v) is 3.82. The Bertz CT molecular complexity index is 667. The minimum Gasteiger partial charge on any atom is -0.477 e. The van der Waals surface area contributed by atoms with E-state index in [0.29, 0.717) is 11.6 Å². The molecule has 1 saturated heterocycles. The summed E-state index contributed by atoms with van der Waals surface area (Å²) in [6.45, 7) is 3.48. The summed E-state index contributed by atoms with van der Waals surface area (Å²) in [4.78, 5) is 36.6. The van der Waals surface area contributed by atoms with Crippen LogP contribution in [0.2, 0.25) is 10.0 Å². The van der Waals surface area contributed by atoms with E-state index in [4.69, 9.17) is 32.7 Å². The molecule has 1 aliphatic rings. The summed E-state index contributed by atoms with van der Waals surface area (Å²) >= 11 is 11.8. The lowest BCUT2D eigenvalue weighted by molar-refractivity contribution is -0.163. The van der Waals surface area contributed by atoms with Gasteiger partial charge in [-0.25, -0.2) is 9.59 Å². The molecular weight excluding hydrogens is 359 g/mol. The molecule has 0 saturated carbocycles. The number of ether oxygens (including phenoxy) is 2. The van der Waals surface area contributed by atoms with Crippen molar-refractivity contribution < 1.29 is 23.9 Å². The van der Waals surface area contributed by atoms with Crippen molar-refractivity contribution in [2.45, 2.75) is 26.1 Å². The Balaban J connectivity index is 1.93. The molecule has 2 atom stereocenters. The number of benzene rings is 1. The SMILES string of the molecule is C[C@H](Oc1ccc(Cl)cc1Cl)C(=O)O[C@H](C)C(=O)N1CCNC1=O. The standard InChI is InChI=1S/C15H16Cl2N2O5/c1-8(13(20)19-6-5-18-15(19)22)24-14(21)9(2)23-12-4-3-10(16)7-11(12)17/h3-4,7-9H,5-6H2,1-2H3,(H,18,22)/t8-,9+/m1/s1. The highest BCUT2D eigenvalue weighted by Gasteiger charge is 2.32. The van der Waals surface area contributed by atoms with E-state index in [9.17, 15) is 14.4 Å². The highest BCUT2D eigenvalue weighted by Crippen LogP contribution is 2.28. The van der Waals surface area contributed by atoms with Crippen LogP contribution in [0.15, 0.2) is 18.2 Å². The maximum absolute atomic E-state index is 12.1. The van der Waals surface area contributed by atoms with Crippen LogP contribution in [0.25, 0.3) is 0 Å². The molecule has 7 nitrogen and oxygen atoms in total. The van der Waals surface area contributed by atoms with Gasteiger partial charge in [0.05, 0.1) is 5.02 Å². The number of esters is 1. The van der Waals surface area contributed by atoms with Gasteiger partial charge < -0.3 is 14.8 Å². The number of halogens is 2. The Morgan fingerprint density at radius 3 is 2.54 bits per heavy atom. The Morgan fingerprint density at radius 2 is 1.96 bits per heavy atom. The number of nitrogens with one attached hydrogen (secondary N) is 1. The van der Waals surface area contributed by atoms with Crippen molar-refractivity contribution >= 4 is 41.1 Å². The summed E-state index contributed by atoms with van der Waals surface area (Å²) in [5, 5.41) is 3.19. The lowest BCUT2D eigenvalue weighted by atomic mass is 10.3. The van der Waals surface area contributed by atoms with Crippen LogP contribution in [0.3, 0.4) is 0 Å². The van der Waals surface area contributed by atoms with Gasteiger partial charge in [-0.15, -0.1) is 0 Å². The van der Waals surface area contributed by atoms with Crippen LogP contribution in [0.4, 0.5) is 4.79 Å². The number of hydrogen-bond donors (Lipinski definition) is 1. The molecule has 3 amide bonds. The maximum Gasteiger partial charge on any atom is 0.347 e. The number of rotatable bonds is 5. The number of carbonyl (C=O) groups is 3. The summed E-state index contributed by atoms with van der Waals surface area (Å²) in [7, 11) is 0. The molecule has 0 aliphatic carbocycles. The molecule has 0 spiro atoms. The van der Waals surface area contributed by atoms with E-state index in [2.05, 4.69) is 5.32 Å². The second-order valence-corrected chi connectivity index (χ2v) is 5.98. The van der Waals surface area contributed by atoms with Crippen LogP contribution in [0, 0.1) is 0 Å². The van der Waals surface area contributed by atoms with Gasteiger partial charge >= 0.3 is 12.0 Å². The molecule has 1 N–H and O–H groups in total. The first kappa shape index (κ1) is 18.4. The lowest BCUT2D eigenvalue weighted by Gasteiger charge is -2.20. The topological polar surface area (TPSA) is 84.9 Å². The van der Waals surface area contributed by atoms with Crippen LogP contribution in [0.1, 0.15) is 13.8 Å². The van der Waals surface area contributed by atoms with Crippen molar-refractivity contribution in [2.24, 2.45) is 0 Å². The molecule has 1 heterocycles. The van der Waals surface area contributed by atoms with Crippen molar-refractivity contribution in [3.05, 3.63) is 28.2 Å². The van der Waals surface area contributed by atoms with E-state index in [-0.39, 0.29) is 17.3 Å². The minimum absolute atomic E-state index is 0.242. The number of imide groups is 1. The van der Waals surface area contributed by atoms with Crippen molar-refractivity contribution in [1.29, 1.82) is 0 Å². The maximum atomic E-state index is 12.1. The van der Waals surface area contributed by atoms with E-state index in [1.54, 1.807) is 6.07 Å². The van der Waals surface area contributed by atoms with Crippen LogP contribution in [0.5, 0.6) is 5.75 Å². The van der Waals surface area contributed by atoms with E-state index in [1.807, 2.05) is 0 Å². The second kappa shape index (κ2) is 7.72. The molecule has 0 unspecified atom stereocenters. The lowest BCUT2D eigenvalue weighted by Crippen LogP contribution is -2.43. The Labute approximate surface area is 148 Å². The fourth-order valence-corrected chi connectivity index (χ4v) is 2.48. The van der Waals surface area contributed by atoms with Gasteiger partial charge in [0, 0.05) is 18.1 Å². The Hall–Kier alpha value is -1.99. The third kappa shape index (κ3) is 4.30. The van der Waals surface area contributed by atoms with Crippen LogP contribution in [-0.4, -0.2) is 48.1 Å². The molecule has 0 bridgehead atoms. The molecule has 1 aliphatic heterocycles. The average Bonchev–Trinajstić information content (AvgIpc) is 2.95. The highest BCUT2D eigenvalue weighted by molar-refractivity contribution is 6.35. The second-order valence-electron chi connectivity index (χ2n) is 5.14. The van der Waals surface area contributed by atoms with Crippen molar-refractivity contribution in [2.75, 3.05) is 13.1 Å². The van der Waals surface area contributed by atoms with Gasteiger partial charge in [0.15, 0.2) is 12.2 Å². The fourth-order valence-electron chi connectivity index (χ4n) is 2.03. The van der Waals surface area contributed by atoms with Crippen molar-refractivity contribution in [3.63, 3.8) is 0 Å². The Kier molecular flexibility index (Phi) is 5.90. The minimum atomic E-state index is -1.10. The van der Waals surface area contributed by atoms with Gasteiger partial charge in [0.2, 0.25) is 0 Å². The third-order valence-electron chi connectivity index (χ3n) is 3.29. The number of amides is 3. The summed E-state index contributed by atoms with van der Waals surface area (Å²) in [6, 6.07) is 4.07. The van der Waals surface area contributed by atoms with E-state index in [0.717, 1.165) is 4.90 Å². The molecule has 0 radical (unpaired) electrons. The number of nitrogens with zero attached hydrogens (tertiary/aromatic N) is 1. The largest absolute Gasteiger partial charge is 0.477 e. The molecule has 1 fully saturated rings. The van der Waals surface area contributed by atoms with E-state index >= 15 is 0 Å². The monoisotopic (exact) mass is 374 g/mol. The fraction of sp³-hybridized carbons (Fsp3) is 0.400. The zero-order valence-corrected chi connectivity index (χ0v) is 14.6. The smallest absolute Gasteiger partial charge is 0.347 e. The molecule has 1 aromatic carbocycles. The summed E-state index contributed by atoms with van der Waals surface area (Å²) in [6.07, 6.45) is -2.10. The normalized spacial score (nSPS) is 16.3. The zero-order valence-electron chi connectivity index (χ0n) is 13.0. The van der Waals surface area contributed by atoms with E-state index in [1.165, 1.54) is 26.0 Å². The number of urea groups is 1. The van der Waals surface area contributed by atoms with Crippen molar-refractivity contribution in [1.82, 2.24) is 10.2 Å². The molecule has 130 valence electrons. The first-order valence-corrected chi connectivity index (χ1v) is 7.96. The molecular formula is C15H16Cl2N2O5. The van der Waals surface area contributed by atoms with Crippen LogP contribution >= 0.6 is 23.2 Å². The summed E-state index contributed by atoms with van der Waals surface area (Å²) < 4.78 is 10.5. The van der Waals surface area contributed by atoms with Gasteiger partial charge in [-0.3, -0.25) is 9.69 Å². The molecule has 2 rings (SSSR count). The van der Waals surface area contributed by atoms with Gasteiger partial charge in [0.25, 0.3) is 5.91 Å². The van der Waals surface area contributed by atoms with Crippen LogP contribution < -0.4 is 10.1 Å². The summed E-state index contributed by atoms with van der Waals surface area (Å²) in [5.74, 6) is -1.07. The van der Waals surface area contributed by atoms with Crippen molar-refractivity contribution in [3.8, 4) is 5.75 Å². The van der Waals surface area contributed by atoms with Gasteiger partial charge in [-0.05, 0) is 32.0 Å². The van der Waals surface area contributed by atoms with Gasteiger partial charge in [0.1, 0.15) is 5.75 Å². The highest BCUT2D eigenvalue weighted by atomic mass is 35.5. The average molecular weight is 375 g/mol. The molecule has 1 aromatic rings. The van der Waals surface area contributed by atoms with Gasteiger partial charge in [-0.1, -0.05) is 23.2 Å². The predicted octanol–water partition coefficient (Wildman–Crippen LogP) is 2.24. The first-order chi connectivity index (χ1) is 11.3. The molecule has 0 aromatic heterocycles. The first-order valence-electron chi connectivity index (χ1n) is 7.21. The van der Waals surface area contributed by atoms with E-state index < -0.39 is 30.1 Å².